The van der Waals surface area contributed by atoms with E-state index in [1.807, 2.05) is 24.5 Å². The van der Waals surface area contributed by atoms with Crippen LogP contribution in [-0.2, 0) is 9.59 Å². The number of likely N-dealkylation sites (N-methyl/N-ethyl adjacent to an activating group) is 1. The Kier molecular flexibility index (Phi) is 5.85. The number of aliphatic carboxylic acids is 1. The summed E-state index contributed by atoms with van der Waals surface area (Å²) in [5.41, 5.74) is 0.716. The Hall–Kier alpha value is -1.53. The predicted octanol–water partition coefficient (Wildman–Crippen LogP) is 1.75. The van der Waals surface area contributed by atoms with Crippen molar-refractivity contribution in [1.82, 2.24) is 4.90 Å². The fourth-order valence-electron chi connectivity index (χ4n) is 1.45. The van der Waals surface area contributed by atoms with Gasteiger partial charge in [-0.05, 0) is 38.4 Å². The Morgan fingerprint density at radius 3 is 2.74 bits per heavy atom. The van der Waals surface area contributed by atoms with Gasteiger partial charge in [0.15, 0.2) is 0 Å². The lowest BCUT2D eigenvalue weighted by Crippen LogP contribution is -2.40. The number of nitrogens with one attached hydrogen (secondary N) is 1. The molecule has 2 N–H and O–H groups in total. The van der Waals surface area contributed by atoms with E-state index < -0.39 is 12.0 Å². The SMILES string of the molecule is CSc1cccc(NC(=O)CN(C)C(C)C(=O)O)c1. The third kappa shape index (κ3) is 4.92. The van der Waals surface area contributed by atoms with E-state index in [4.69, 9.17) is 5.11 Å². The average molecular weight is 282 g/mol. The van der Waals surface area contributed by atoms with Crippen LogP contribution in [0.15, 0.2) is 29.2 Å². The Morgan fingerprint density at radius 2 is 2.16 bits per heavy atom. The number of hydrogen-bond donors (Lipinski definition) is 2. The van der Waals surface area contributed by atoms with Gasteiger partial charge in [0, 0.05) is 10.6 Å². The molecule has 0 saturated carbocycles. The summed E-state index contributed by atoms with van der Waals surface area (Å²) in [4.78, 5) is 25.1. The molecule has 19 heavy (non-hydrogen) atoms. The van der Waals surface area contributed by atoms with Crippen LogP contribution in [0.2, 0.25) is 0 Å². The van der Waals surface area contributed by atoms with Gasteiger partial charge in [0.05, 0.1) is 6.54 Å². The zero-order chi connectivity index (χ0) is 14.4. The Morgan fingerprint density at radius 1 is 1.47 bits per heavy atom. The van der Waals surface area contributed by atoms with E-state index in [-0.39, 0.29) is 12.5 Å². The highest BCUT2D eigenvalue weighted by Crippen LogP contribution is 2.18. The molecule has 1 amide bonds. The average Bonchev–Trinajstić information content (AvgIpc) is 2.37. The number of anilines is 1. The second kappa shape index (κ2) is 7.16. The molecule has 0 spiro atoms. The molecular formula is C13H18N2O3S. The molecule has 1 aromatic rings. The molecule has 5 nitrogen and oxygen atoms in total. The summed E-state index contributed by atoms with van der Waals surface area (Å²) in [5, 5.41) is 11.6. The minimum atomic E-state index is -0.945. The van der Waals surface area contributed by atoms with Crippen LogP contribution in [0, 0.1) is 0 Å². The van der Waals surface area contributed by atoms with E-state index in [1.165, 1.54) is 4.90 Å². The van der Waals surface area contributed by atoms with Crippen LogP contribution < -0.4 is 5.32 Å². The molecule has 104 valence electrons. The second-order valence-corrected chi connectivity index (χ2v) is 5.09. The number of amides is 1. The number of nitrogens with zero attached hydrogens (tertiary/aromatic N) is 1. The highest BCUT2D eigenvalue weighted by atomic mass is 32.2. The first-order valence-electron chi connectivity index (χ1n) is 5.81. The van der Waals surface area contributed by atoms with Crippen molar-refractivity contribution < 1.29 is 14.7 Å². The lowest BCUT2D eigenvalue weighted by atomic mass is 10.3. The maximum Gasteiger partial charge on any atom is 0.320 e. The first-order valence-corrected chi connectivity index (χ1v) is 7.03. The number of rotatable bonds is 6. The quantitative estimate of drug-likeness (QED) is 0.778. The van der Waals surface area contributed by atoms with Crippen molar-refractivity contribution >= 4 is 29.3 Å². The molecule has 1 aromatic carbocycles. The molecule has 0 saturated heterocycles. The van der Waals surface area contributed by atoms with Gasteiger partial charge in [-0.3, -0.25) is 14.5 Å². The van der Waals surface area contributed by atoms with Gasteiger partial charge in [-0.15, -0.1) is 11.8 Å². The number of carbonyl (C=O) groups excluding carboxylic acids is 1. The summed E-state index contributed by atoms with van der Waals surface area (Å²) in [6.45, 7) is 1.58. The molecule has 0 bridgehead atoms. The van der Waals surface area contributed by atoms with Gasteiger partial charge in [0.1, 0.15) is 6.04 Å². The Balaban J connectivity index is 2.57. The number of carboxylic acids is 1. The molecule has 0 aliphatic carbocycles. The maximum atomic E-state index is 11.8. The van der Waals surface area contributed by atoms with Crippen LogP contribution in [0.4, 0.5) is 5.69 Å². The molecule has 1 unspecified atom stereocenters. The normalized spacial score (nSPS) is 12.2. The largest absolute Gasteiger partial charge is 0.480 e. The van der Waals surface area contributed by atoms with E-state index in [2.05, 4.69) is 5.32 Å². The van der Waals surface area contributed by atoms with Crippen LogP contribution in [-0.4, -0.2) is 47.8 Å². The van der Waals surface area contributed by atoms with Gasteiger partial charge < -0.3 is 10.4 Å². The van der Waals surface area contributed by atoms with Crippen LogP contribution in [0.5, 0.6) is 0 Å². The van der Waals surface area contributed by atoms with Crippen molar-refractivity contribution in [1.29, 1.82) is 0 Å². The van der Waals surface area contributed by atoms with E-state index in [0.717, 1.165) is 4.90 Å². The summed E-state index contributed by atoms with van der Waals surface area (Å²) in [7, 11) is 1.61. The minimum absolute atomic E-state index is 0.0387. The van der Waals surface area contributed by atoms with Crippen molar-refractivity contribution in [3.05, 3.63) is 24.3 Å². The topological polar surface area (TPSA) is 69.6 Å². The molecule has 0 aliphatic rings. The summed E-state index contributed by atoms with van der Waals surface area (Å²) in [6.07, 6.45) is 1.96. The van der Waals surface area contributed by atoms with Gasteiger partial charge in [0.2, 0.25) is 5.91 Å². The monoisotopic (exact) mass is 282 g/mol. The van der Waals surface area contributed by atoms with Crippen molar-refractivity contribution in [2.45, 2.75) is 17.9 Å². The van der Waals surface area contributed by atoms with Crippen molar-refractivity contribution in [3.63, 3.8) is 0 Å². The minimum Gasteiger partial charge on any atom is -0.480 e. The molecule has 0 aromatic heterocycles. The van der Waals surface area contributed by atoms with Gasteiger partial charge >= 0.3 is 5.97 Å². The summed E-state index contributed by atoms with van der Waals surface area (Å²) in [6, 6.07) is 6.81. The number of hydrogen-bond acceptors (Lipinski definition) is 4. The number of carboxylic acid groups (broad SMARTS) is 1. The highest BCUT2D eigenvalue weighted by molar-refractivity contribution is 7.98. The van der Waals surface area contributed by atoms with E-state index in [1.54, 1.807) is 31.8 Å². The highest BCUT2D eigenvalue weighted by Gasteiger charge is 2.18. The van der Waals surface area contributed by atoms with E-state index in [9.17, 15) is 9.59 Å². The molecule has 0 heterocycles. The Bertz CT molecular complexity index is 465. The predicted molar refractivity (Wildman–Crippen MR) is 76.6 cm³/mol. The zero-order valence-electron chi connectivity index (χ0n) is 11.2. The maximum absolute atomic E-state index is 11.8. The molecule has 6 heteroatoms. The first-order chi connectivity index (χ1) is 8.93. The second-order valence-electron chi connectivity index (χ2n) is 4.21. The number of carbonyl (C=O) groups is 2. The Labute approximate surface area is 117 Å². The van der Waals surface area contributed by atoms with E-state index >= 15 is 0 Å². The van der Waals surface area contributed by atoms with E-state index in [0.29, 0.717) is 5.69 Å². The van der Waals surface area contributed by atoms with Crippen LogP contribution in [0.1, 0.15) is 6.92 Å². The van der Waals surface area contributed by atoms with Crippen molar-refractivity contribution in [2.75, 3.05) is 25.2 Å². The standard InChI is InChI=1S/C13H18N2O3S/c1-9(13(17)18)15(2)8-12(16)14-10-5-4-6-11(7-10)19-3/h4-7,9H,8H2,1-3H3,(H,14,16)(H,17,18). The molecule has 0 aliphatic heterocycles. The smallest absolute Gasteiger partial charge is 0.320 e. The number of thioether (sulfide) groups is 1. The summed E-state index contributed by atoms with van der Waals surface area (Å²) < 4.78 is 0. The van der Waals surface area contributed by atoms with Crippen LogP contribution >= 0.6 is 11.8 Å². The fourth-order valence-corrected chi connectivity index (χ4v) is 1.91. The van der Waals surface area contributed by atoms with Crippen molar-refractivity contribution in [3.8, 4) is 0 Å². The molecule has 1 atom stereocenters. The number of benzene rings is 1. The summed E-state index contributed by atoms with van der Waals surface area (Å²) in [5.74, 6) is -1.17. The third-order valence-electron chi connectivity index (χ3n) is 2.77. The van der Waals surface area contributed by atoms with Crippen molar-refractivity contribution in [2.24, 2.45) is 0 Å². The van der Waals surface area contributed by atoms with Gasteiger partial charge in [-0.2, -0.15) is 0 Å². The van der Waals surface area contributed by atoms with Gasteiger partial charge in [-0.1, -0.05) is 6.07 Å². The molecule has 0 radical (unpaired) electrons. The lowest BCUT2D eigenvalue weighted by Gasteiger charge is -2.20. The molecular weight excluding hydrogens is 264 g/mol. The first kappa shape index (κ1) is 15.5. The molecule has 0 fully saturated rings. The summed E-state index contributed by atoms with van der Waals surface area (Å²) >= 11 is 1.59. The lowest BCUT2D eigenvalue weighted by molar-refractivity contribution is -0.142. The molecule has 1 rings (SSSR count). The van der Waals surface area contributed by atoms with Crippen LogP contribution in [0.25, 0.3) is 0 Å². The van der Waals surface area contributed by atoms with Gasteiger partial charge in [0.25, 0.3) is 0 Å². The van der Waals surface area contributed by atoms with Gasteiger partial charge in [-0.25, -0.2) is 0 Å². The van der Waals surface area contributed by atoms with Crippen LogP contribution in [0.3, 0.4) is 0 Å². The fraction of sp³-hybridized carbons (Fsp3) is 0.385. The zero-order valence-corrected chi connectivity index (χ0v) is 12.0. The third-order valence-corrected chi connectivity index (χ3v) is 3.49.